The second-order valence-electron chi connectivity index (χ2n) is 9.95. The smallest absolute Gasteiger partial charge is 0.319 e. The van der Waals surface area contributed by atoms with Crippen molar-refractivity contribution in [1.82, 2.24) is 15.3 Å². The fraction of sp³-hybridized carbons (Fsp3) is 0.357. The quantitative estimate of drug-likeness (QED) is 0.304. The van der Waals surface area contributed by atoms with Crippen LogP contribution < -0.4 is 15.0 Å². The maximum absolute atomic E-state index is 16.3. The number of benzene rings is 3. The van der Waals surface area contributed by atoms with Gasteiger partial charge >= 0.3 is 6.01 Å². The second kappa shape index (κ2) is 9.74. The minimum absolute atomic E-state index is 0.00269. The van der Waals surface area contributed by atoms with Crippen LogP contribution in [0.4, 0.5) is 10.2 Å². The van der Waals surface area contributed by atoms with Gasteiger partial charge in [0.15, 0.2) is 5.82 Å². The van der Waals surface area contributed by atoms with Crippen LogP contribution in [0.3, 0.4) is 0 Å². The van der Waals surface area contributed by atoms with Crippen molar-refractivity contribution in [2.45, 2.75) is 24.9 Å². The summed E-state index contributed by atoms with van der Waals surface area (Å²) < 4.78 is 22.1. The molecule has 2 fully saturated rings. The van der Waals surface area contributed by atoms with E-state index in [1.165, 1.54) is 0 Å². The van der Waals surface area contributed by atoms with Crippen molar-refractivity contribution in [3.05, 3.63) is 54.3 Å². The number of aromatic nitrogens is 2. The van der Waals surface area contributed by atoms with E-state index in [0.717, 1.165) is 36.7 Å². The van der Waals surface area contributed by atoms with E-state index in [2.05, 4.69) is 20.2 Å². The molecule has 0 aliphatic carbocycles. The Morgan fingerprint density at radius 2 is 1.73 bits per heavy atom. The molecule has 37 heavy (non-hydrogen) atoms. The Kier molecular flexibility index (Phi) is 6.27. The van der Waals surface area contributed by atoms with Crippen LogP contribution in [0.2, 0.25) is 0 Å². The first kappa shape index (κ1) is 23.8. The van der Waals surface area contributed by atoms with Crippen LogP contribution >= 0.6 is 0 Å². The average Bonchev–Trinajstić information content (AvgIpc) is 3.26. The van der Waals surface area contributed by atoms with Gasteiger partial charge in [0.25, 0.3) is 0 Å². The molecular weight excluding hydrogens is 475 g/mol. The third-order valence-corrected chi connectivity index (χ3v) is 7.38. The molecule has 4 aromatic rings. The maximum Gasteiger partial charge on any atom is 0.319 e. The van der Waals surface area contributed by atoms with Gasteiger partial charge in [0, 0.05) is 42.0 Å². The van der Waals surface area contributed by atoms with E-state index in [4.69, 9.17) is 4.74 Å². The topological polar surface area (TPSA) is 111 Å². The Morgan fingerprint density at radius 3 is 2.49 bits per heavy atom. The summed E-state index contributed by atoms with van der Waals surface area (Å²) in [6.07, 6.45) is 2.18. The molecule has 3 aromatic carbocycles. The molecule has 1 aromatic heterocycles. The lowest BCUT2D eigenvalue weighted by Gasteiger charge is -2.34. The van der Waals surface area contributed by atoms with Crippen LogP contribution in [0.1, 0.15) is 12.8 Å². The van der Waals surface area contributed by atoms with Crippen molar-refractivity contribution in [3.63, 3.8) is 0 Å². The first-order valence-electron chi connectivity index (χ1n) is 12.6. The monoisotopic (exact) mass is 504 g/mol. The highest BCUT2D eigenvalue weighted by atomic mass is 19.1. The Labute approximate surface area is 213 Å². The van der Waals surface area contributed by atoms with Crippen LogP contribution in [0, 0.1) is 11.7 Å². The summed E-state index contributed by atoms with van der Waals surface area (Å²) in [7, 11) is 0. The molecule has 2 atom stereocenters. The fourth-order valence-corrected chi connectivity index (χ4v) is 5.48. The zero-order valence-corrected chi connectivity index (χ0v) is 20.3. The maximum atomic E-state index is 16.3. The molecule has 0 saturated carbocycles. The van der Waals surface area contributed by atoms with Crippen molar-refractivity contribution in [3.8, 4) is 22.9 Å². The molecule has 2 aliphatic rings. The van der Waals surface area contributed by atoms with Gasteiger partial charge in [-0.15, -0.1) is 0 Å². The molecule has 2 aliphatic heterocycles. The molecule has 192 valence electrons. The van der Waals surface area contributed by atoms with E-state index in [1.807, 2.05) is 30.3 Å². The number of piperazine rings is 1. The number of hydrogen-bond donors (Lipinski definition) is 4. The van der Waals surface area contributed by atoms with Gasteiger partial charge < -0.3 is 30.3 Å². The normalized spacial score (nSPS) is 19.3. The Balaban J connectivity index is 1.50. The van der Waals surface area contributed by atoms with E-state index in [1.54, 1.807) is 18.2 Å². The van der Waals surface area contributed by atoms with Crippen LogP contribution in [0.25, 0.3) is 32.8 Å². The van der Waals surface area contributed by atoms with Gasteiger partial charge in [-0.1, -0.05) is 30.3 Å². The molecule has 2 bridgehead atoms. The fourth-order valence-electron chi connectivity index (χ4n) is 5.48. The second-order valence-corrected chi connectivity index (χ2v) is 9.95. The zero-order valence-electron chi connectivity index (χ0n) is 20.3. The van der Waals surface area contributed by atoms with Gasteiger partial charge in [0.2, 0.25) is 0 Å². The number of phenolic OH excluding ortho intramolecular Hbond substituents is 1. The number of ether oxygens (including phenoxy) is 1. The first-order valence-corrected chi connectivity index (χ1v) is 12.6. The molecule has 0 amide bonds. The highest BCUT2D eigenvalue weighted by Gasteiger charge is 2.34. The number of phenols is 1. The van der Waals surface area contributed by atoms with Gasteiger partial charge in [-0.25, -0.2) is 4.39 Å². The molecule has 4 N–H and O–H groups in total. The summed E-state index contributed by atoms with van der Waals surface area (Å²) in [6, 6.07) is 15.0. The Bertz CT molecular complexity index is 1450. The van der Waals surface area contributed by atoms with Crippen LogP contribution in [-0.4, -0.2) is 70.3 Å². The van der Waals surface area contributed by atoms with Gasteiger partial charge in [-0.05, 0) is 47.4 Å². The predicted octanol–water partition coefficient (Wildman–Crippen LogP) is 3.21. The van der Waals surface area contributed by atoms with Crippen LogP contribution in [0.15, 0.2) is 48.5 Å². The van der Waals surface area contributed by atoms with Gasteiger partial charge in [0.1, 0.15) is 17.1 Å². The lowest BCUT2D eigenvalue weighted by atomic mass is 9.96. The largest absolute Gasteiger partial charge is 0.508 e. The molecule has 6 rings (SSSR count). The van der Waals surface area contributed by atoms with E-state index in [9.17, 15) is 15.3 Å². The number of anilines is 1. The van der Waals surface area contributed by atoms with Crippen molar-refractivity contribution in [1.29, 1.82) is 0 Å². The molecule has 8 nitrogen and oxygen atoms in total. The predicted molar refractivity (Wildman–Crippen MR) is 139 cm³/mol. The Morgan fingerprint density at radius 1 is 0.973 bits per heavy atom. The number of hydrogen-bond acceptors (Lipinski definition) is 8. The molecule has 0 radical (unpaired) electrons. The summed E-state index contributed by atoms with van der Waals surface area (Å²) in [5.74, 6) is -0.363. The number of halogens is 1. The third-order valence-electron chi connectivity index (χ3n) is 7.38. The number of nitrogens with zero attached hydrogens (tertiary/aromatic N) is 3. The number of aliphatic hydroxyl groups excluding tert-OH is 2. The number of nitrogens with one attached hydrogen (secondary N) is 1. The number of aliphatic hydroxyl groups is 2. The van der Waals surface area contributed by atoms with Gasteiger partial charge in [-0.3, -0.25) is 0 Å². The lowest BCUT2D eigenvalue weighted by Crippen LogP contribution is -2.51. The summed E-state index contributed by atoms with van der Waals surface area (Å²) >= 11 is 0. The molecule has 3 heterocycles. The number of rotatable bonds is 7. The van der Waals surface area contributed by atoms with Crippen LogP contribution in [0.5, 0.6) is 11.8 Å². The average molecular weight is 505 g/mol. The zero-order chi connectivity index (χ0) is 25.5. The van der Waals surface area contributed by atoms with E-state index >= 15 is 4.39 Å². The highest BCUT2D eigenvalue weighted by molar-refractivity contribution is 6.01. The van der Waals surface area contributed by atoms with Crippen LogP contribution in [-0.2, 0) is 0 Å². The molecule has 0 unspecified atom stereocenters. The lowest BCUT2D eigenvalue weighted by molar-refractivity contribution is 0.102. The summed E-state index contributed by atoms with van der Waals surface area (Å²) in [5, 5.41) is 35.0. The number of fused-ring (bicyclic) bond motifs is 4. The first-order chi connectivity index (χ1) is 18.0. The highest BCUT2D eigenvalue weighted by Crippen LogP contribution is 2.38. The van der Waals surface area contributed by atoms with Crippen molar-refractivity contribution < 1.29 is 24.4 Å². The van der Waals surface area contributed by atoms with Gasteiger partial charge in [0.05, 0.1) is 19.8 Å². The molecule has 0 spiro atoms. The number of aromatic hydroxyl groups is 1. The summed E-state index contributed by atoms with van der Waals surface area (Å²) in [6.45, 7) is 1.00. The summed E-state index contributed by atoms with van der Waals surface area (Å²) in [4.78, 5) is 11.3. The molecular formula is C28H29FN4O4. The molecule has 2 saturated heterocycles. The van der Waals surface area contributed by atoms with Crippen molar-refractivity contribution in [2.75, 3.05) is 37.8 Å². The minimum atomic E-state index is -0.527. The molecule has 9 heteroatoms. The van der Waals surface area contributed by atoms with Crippen molar-refractivity contribution >= 4 is 27.5 Å². The van der Waals surface area contributed by atoms with E-state index in [-0.39, 0.29) is 37.1 Å². The summed E-state index contributed by atoms with van der Waals surface area (Å²) in [5.41, 5.74) is 1.01. The minimum Gasteiger partial charge on any atom is -0.508 e. The standard InChI is InChI=1S/C28H29FN4O4/c29-25-22(24-10-20(36)9-17-3-1-2-4-21(17)24)7-8-23-26(25)31-28(37-15-16(13-34)14-35)32-27(23)33-11-18-5-6-19(12-33)30-18/h1-4,7-10,16,18-19,30,34-36H,5-6,11-15H2/t18-,19+. The van der Waals surface area contributed by atoms with Gasteiger partial charge in [-0.2, -0.15) is 9.97 Å². The third kappa shape index (κ3) is 4.43. The van der Waals surface area contributed by atoms with Crippen molar-refractivity contribution in [2.24, 2.45) is 5.92 Å². The van der Waals surface area contributed by atoms with E-state index < -0.39 is 11.7 Å². The van der Waals surface area contributed by atoms with E-state index in [0.29, 0.717) is 34.4 Å². The Hall–Kier alpha value is -3.53. The SMILES string of the molecule is OCC(CO)COc1nc(N2C[C@H]3CC[C@@H](C2)N3)c2ccc(-c3cc(O)cc4ccccc34)c(F)c2n1.